The Bertz CT molecular complexity index is 61.4. The summed E-state index contributed by atoms with van der Waals surface area (Å²) in [4.78, 5) is 0. The molecule has 8 heavy (non-hydrogen) atoms. The predicted molar refractivity (Wildman–Crippen MR) is 32.4 cm³/mol. The Morgan fingerprint density at radius 2 is 2.62 bits per heavy atom. The molecule has 0 saturated carbocycles. The summed E-state index contributed by atoms with van der Waals surface area (Å²) in [5.41, 5.74) is 1.90. The zero-order valence-corrected chi connectivity index (χ0v) is 4.81. The summed E-state index contributed by atoms with van der Waals surface area (Å²) in [5.74, 6) is 0. The first-order valence-corrected chi connectivity index (χ1v) is 3.02. The first-order valence-electron chi connectivity index (χ1n) is 3.02. The minimum Gasteiger partial charge on any atom is -0.788 e. The van der Waals surface area contributed by atoms with Crippen molar-refractivity contribution in [3.63, 3.8) is 0 Å². The molecule has 48 valence electrons. The maximum absolute atomic E-state index is 9.80. The quantitative estimate of drug-likeness (QED) is 0.491. The van der Waals surface area contributed by atoms with E-state index < -0.39 is 0 Å². The van der Waals surface area contributed by atoms with E-state index in [0.717, 1.165) is 13.0 Å². The number of nitrogens with one attached hydrogen (secondary N) is 2. The van der Waals surface area contributed by atoms with Crippen LogP contribution in [0.3, 0.4) is 0 Å². The SMILES string of the molecule is [O-]NC[C@@H]1CCCN1. The predicted octanol–water partition coefficient (Wildman–Crippen LogP) is -0.174. The van der Waals surface area contributed by atoms with Crippen molar-refractivity contribution >= 4 is 0 Å². The van der Waals surface area contributed by atoms with Crippen molar-refractivity contribution in [1.29, 1.82) is 0 Å². The minimum absolute atomic E-state index is 0.437. The monoisotopic (exact) mass is 115 g/mol. The second-order valence-electron chi connectivity index (χ2n) is 2.14. The van der Waals surface area contributed by atoms with E-state index in [2.05, 4.69) is 5.32 Å². The van der Waals surface area contributed by atoms with Gasteiger partial charge in [-0.2, -0.15) is 0 Å². The lowest BCUT2D eigenvalue weighted by Gasteiger charge is -2.13. The molecule has 0 radical (unpaired) electrons. The van der Waals surface area contributed by atoms with Gasteiger partial charge in [0.2, 0.25) is 0 Å². The number of rotatable bonds is 2. The lowest BCUT2D eigenvalue weighted by atomic mass is 10.2. The van der Waals surface area contributed by atoms with Crippen molar-refractivity contribution in [2.75, 3.05) is 13.1 Å². The van der Waals surface area contributed by atoms with Crippen molar-refractivity contribution in [2.45, 2.75) is 18.9 Å². The number of hydroxylamine groups is 1. The number of hydrogen-bond acceptors (Lipinski definition) is 3. The van der Waals surface area contributed by atoms with E-state index in [1.54, 1.807) is 0 Å². The van der Waals surface area contributed by atoms with E-state index >= 15 is 0 Å². The van der Waals surface area contributed by atoms with Gasteiger partial charge in [0, 0.05) is 6.04 Å². The third-order valence-corrected chi connectivity index (χ3v) is 1.49. The van der Waals surface area contributed by atoms with Crippen molar-refractivity contribution in [3.05, 3.63) is 5.21 Å². The van der Waals surface area contributed by atoms with Crippen LogP contribution >= 0.6 is 0 Å². The molecule has 3 heteroatoms. The molecule has 0 bridgehead atoms. The highest BCUT2D eigenvalue weighted by Gasteiger charge is 2.10. The molecule has 1 rings (SSSR count). The molecule has 2 N–H and O–H groups in total. The first kappa shape index (κ1) is 6.01. The average Bonchev–Trinajstić information content (AvgIpc) is 2.19. The highest BCUT2D eigenvalue weighted by molar-refractivity contribution is 4.75. The number of hydrogen-bond donors (Lipinski definition) is 2. The van der Waals surface area contributed by atoms with Crippen LogP contribution in [-0.4, -0.2) is 19.1 Å². The summed E-state index contributed by atoms with van der Waals surface area (Å²) in [6.45, 7) is 1.65. The third-order valence-electron chi connectivity index (χ3n) is 1.49. The maximum Gasteiger partial charge on any atom is 0.0184 e. The zero-order valence-electron chi connectivity index (χ0n) is 4.81. The van der Waals surface area contributed by atoms with Crippen molar-refractivity contribution in [2.24, 2.45) is 0 Å². The molecular weight excluding hydrogens is 104 g/mol. The Balaban J connectivity index is 2.06. The molecule has 0 aromatic rings. The molecule has 1 atom stereocenters. The van der Waals surface area contributed by atoms with Crippen LogP contribution in [0.15, 0.2) is 0 Å². The third kappa shape index (κ3) is 1.43. The van der Waals surface area contributed by atoms with E-state index in [-0.39, 0.29) is 0 Å². The van der Waals surface area contributed by atoms with Gasteiger partial charge in [0.1, 0.15) is 0 Å². The van der Waals surface area contributed by atoms with Gasteiger partial charge in [0.15, 0.2) is 0 Å². The van der Waals surface area contributed by atoms with Crippen LogP contribution in [0.2, 0.25) is 0 Å². The fraction of sp³-hybridized carbons (Fsp3) is 1.00. The molecule has 0 aromatic heterocycles. The minimum atomic E-state index is 0.437. The van der Waals surface area contributed by atoms with Gasteiger partial charge >= 0.3 is 0 Å². The van der Waals surface area contributed by atoms with Gasteiger partial charge in [0.05, 0.1) is 0 Å². The van der Waals surface area contributed by atoms with E-state index in [1.807, 2.05) is 5.48 Å². The van der Waals surface area contributed by atoms with Gasteiger partial charge in [0.25, 0.3) is 0 Å². The van der Waals surface area contributed by atoms with Gasteiger partial charge in [-0.1, -0.05) is 0 Å². The Labute approximate surface area is 49.0 Å². The maximum atomic E-state index is 9.80. The van der Waals surface area contributed by atoms with Crippen LogP contribution in [0.5, 0.6) is 0 Å². The average molecular weight is 115 g/mol. The molecule has 0 amide bonds. The molecule has 0 aliphatic carbocycles. The summed E-state index contributed by atoms with van der Waals surface area (Å²) in [7, 11) is 0. The van der Waals surface area contributed by atoms with E-state index in [0.29, 0.717) is 12.6 Å². The van der Waals surface area contributed by atoms with Crippen LogP contribution in [-0.2, 0) is 0 Å². The topological polar surface area (TPSA) is 47.1 Å². The summed E-state index contributed by atoms with van der Waals surface area (Å²) in [6.07, 6.45) is 2.36. The Hall–Kier alpha value is -0.120. The normalized spacial score (nSPS) is 28.9. The van der Waals surface area contributed by atoms with Gasteiger partial charge in [-0.15, -0.1) is 0 Å². The van der Waals surface area contributed by atoms with Crippen molar-refractivity contribution in [3.8, 4) is 0 Å². The van der Waals surface area contributed by atoms with Crippen LogP contribution in [0.1, 0.15) is 12.8 Å². The van der Waals surface area contributed by atoms with Crippen LogP contribution < -0.4 is 10.8 Å². The molecule has 1 aliphatic heterocycles. The summed E-state index contributed by atoms with van der Waals surface area (Å²) in [6, 6.07) is 0.437. The molecular formula is C5H11N2O-. The highest BCUT2D eigenvalue weighted by atomic mass is 16.5. The van der Waals surface area contributed by atoms with Crippen LogP contribution in [0, 0.1) is 5.21 Å². The zero-order chi connectivity index (χ0) is 5.82. The highest BCUT2D eigenvalue weighted by Crippen LogP contribution is 2.02. The summed E-state index contributed by atoms with van der Waals surface area (Å²) < 4.78 is 0. The lowest BCUT2D eigenvalue weighted by Crippen LogP contribution is -2.31. The molecule has 0 unspecified atom stereocenters. The molecule has 1 fully saturated rings. The Morgan fingerprint density at radius 3 is 3.12 bits per heavy atom. The molecule has 0 spiro atoms. The summed E-state index contributed by atoms with van der Waals surface area (Å²) >= 11 is 0. The standard InChI is InChI=1S/C5H11N2O/c8-7-4-5-2-1-3-6-5/h5-7H,1-4H2/q-1/t5-/m0/s1. The molecule has 1 heterocycles. The van der Waals surface area contributed by atoms with Gasteiger partial charge in [-0.25, -0.2) is 0 Å². The Morgan fingerprint density at radius 1 is 1.75 bits per heavy atom. The largest absolute Gasteiger partial charge is 0.788 e. The smallest absolute Gasteiger partial charge is 0.0184 e. The summed E-state index contributed by atoms with van der Waals surface area (Å²) in [5, 5.41) is 13.0. The van der Waals surface area contributed by atoms with Gasteiger partial charge in [-0.3, -0.25) is 0 Å². The molecule has 1 aliphatic rings. The fourth-order valence-electron chi connectivity index (χ4n) is 1.03. The molecule has 1 saturated heterocycles. The van der Waals surface area contributed by atoms with Crippen molar-refractivity contribution in [1.82, 2.24) is 10.8 Å². The van der Waals surface area contributed by atoms with Gasteiger partial charge in [-0.05, 0) is 25.9 Å². The van der Waals surface area contributed by atoms with E-state index in [9.17, 15) is 5.21 Å². The second kappa shape index (κ2) is 3.02. The van der Waals surface area contributed by atoms with Crippen LogP contribution in [0.25, 0.3) is 0 Å². The van der Waals surface area contributed by atoms with E-state index in [4.69, 9.17) is 0 Å². The second-order valence-corrected chi connectivity index (χ2v) is 2.14. The first-order chi connectivity index (χ1) is 3.93. The Kier molecular flexibility index (Phi) is 2.27. The fourth-order valence-corrected chi connectivity index (χ4v) is 1.03. The van der Waals surface area contributed by atoms with E-state index in [1.165, 1.54) is 6.42 Å². The van der Waals surface area contributed by atoms with Crippen LogP contribution in [0.4, 0.5) is 0 Å². The molecule has 0 aromatic carbocycles. The van der Waals surface area contributed by atoms with Crippen molar-refractivity contribution < 1.29 is 0 Å². The lowest BCUT2D eigenvalue weighted by molar-refractivity contribution is 0.580. The van der Waals surface area contributed by atoms with Gasteiger partial charge < -0.3 is 16.0 Å². The molecule has 3 nitrogen and oxygen atoms in total.